The molecule has 1 fully saturated rings. The lowest BCUT2D eigenvalue weighted by atomic mass is 10.4. The minimum Gasteiger partial charge on any atom is -0.468 e. The minimum absolute atomic E-state index is 0.0849. The van der Waals surface area contributed by atoms with Gasteiger partial charge < -0.3 is 9.52 Å². The first-order chi connectivity index (χ1) is 7.63. The fraction of sp³-hybridized carbons (Fsp3) is 0.600. The van der Waals surface area contributed by atoms with Gasteiger partial charge in [-0.3, -0.25) is 0 Å². The zero-order chi connectivity index (χ0) is 11.6. The third-order valence-electron chi connectivity index (χ3n) is 2.55. The van der Waals surface area contributed by atoms with Crippen LogP contribution in [0.25, 0.3) is 0 Å². The van der Waals surface area contributed by atoms with Gasteiger partial charge in [-0.15, -0.1) is 0 Å². The van der Waals surface area contributed by atoms with Gasteiger partial charge >= 0.3 is 0 Å². The third-order valence-corrected chi connectivity index (χ3v) is 4.39. The molecule has 1 aliphatic carbocycles. The molecule has 1 aliphatic rings. The van der Waals surface area contributed by atoms with E-state index in [-0.39, 0.29) is 24.9 Å². The molecule has 0 aromatic carbocycles. The SMILES string of the molecule is O=S(=O)(CCO)N(Cc1ccco1)C1CC1. The second-order valence-electron chi connectivity index (χ2n) is 3.90. The molecule has 0 atom stereocenters. The molecule has 0 bridgehead atoms. The van der Waals surface area contributed by atoms with Gasteiger partial charge in [0.05, 0.1) is 25.2 Å². The molecular formula is C10H15NO4S. The van der Waals surface area contributed by atoms with Crippen molar-refractivity contribution in [3.05, 3.63) is 24.2 Å². The van der Waals surface area contributed by atoms with Crippen LogP contribution < -0.4 is 0 Å². The van der Waals surface area contributed by atoms with Crippen LogP contribution in [0.1, 0.15) is 18.6 Å². The van der Waals surface area contributed by atoms with Crippen LogP contribution in [-0.4, -0.2) is 36.2 Å². The summed E-state index contributed by atoms with van der Waals surface area (Å²) in [6.07, 6.45) is 3.32. The molecule has 1 saturated carbocycles. The summed E-state index contributed by atoms with van der Waals surface area (Å²) in [6.45, 7) is -0.0797. The Morgan fingerprint density at radius 1 is 1.50 bits per heavy atom. The van der Waals surface area contributed by atoms with E-state index in [4.69, 9.17) is 9.52 Å². The molecule has 5 nitrogen and oxygen atoms in total. The fourth-order valence-corrected chi connectivity index (χ4v) is 3.06. The van der Waals surface area contributed by atoms with E-state index in [2.05, 4.69) is 0 Å². The van der Waals surface area contributed by atoms with E-state index in [9.17, 15) is 8.42 Å². The Hall–Kier alpha value is -0.850. The molecule has 16 heavy (non-hydrogen) atoms. The summed E-state index contributed by atoms with van der Waals surface area (Å²) in [5.74, 6) is 0.415. The Labute approximate surface area is 94.7 Å². The van der Waals surface area contributed by atoms with E-state index in [1.165, 1.54) is 10.6 Å². The van der Waals surface area contributed by atoms with Crippen LogP contribution in [0.4, 0.5) is 0 Å². The molecular weight excluding hydrogens is 230 g/mol. The Bertz CT molecular complexity index is 422. The van der Waals surface area contributed by atoms with E-state index < -0.39 is 10.0 Å². The van der Waals surface area contributed by atoms with E-state index in [0.29, 0.717) is 5.76 Å². The van der Waals surface area contributed by atoms with Gasteiger partial charge in [-0.2, -0.15) is 4.31 Å². The molecule has 0 spiro atoms. The monoisotopic (exact) mass is 245 g/mol. The number of aliphatic hydroxyl groups is 1. The molecule has 1 N–H and O–H groups in total. The van der Waals surface area contributed by atoms with Crippen LogP contribution >= 0.6 is 0 Å². The Kier molecular flexibility index (Phi) is 3.32. The van der Waals surface area contributed by atoms with Gasteiger partial charge in [-0.1, -0.05) is 0 Å². The van der Waals surface area contributed by atoms with E-state index in [1.54, 1.807) is 12.1 Å². The predicted molar refractivity (Wildman–Crippen MR) is 58.1 cm³/mol. The van der Waals surface area contributed by atoms with Gasteiger partial charge in [0, 0.05) is 6.04 Å². The first-order valence-electron chi connectivity index (χ1n) is 5.26. The third kappa shape index (κ3) is 2.63. The molecule has 0 saturated heterocycles. The average molecular weight is 245 g/mol. The molecule has 6 heteroatoms. The number of furan rings is 1. The number of aliphatic hydroxyl groups excluding tert-OH is 1. The lowest BCUT2D eigenvalue weighted by Gasteiger charge is -2.20. The normalized spacial score (nSPS) is 16.9. The smallest absolute Gasteiger partial charge is 0.217 e. The largest absolute Gasteiger partial charge is 0.468 e. The predicted octanol–water partition coefficient (Wildman–Crippen LogP) is 0.566. The zero-order valence-electron chi connectivity index (χ0n) is 8.87. The molecule has 1 aromatic heterocycles. The maximum atomic E-state index is 11.9. The van der Waals surface area contributed by atoms with Crippen molar-refractivity contribution in [1.29, 1.82) is 0 Å². The first kappa shape index (κ1) is 11.6. The van der Waals surface area contributed by atoms with Crippen molar-refractivity contribution in [2.24, 2.45) is 0 Å². The molecule has 0 unspecified atom stereocenters. The van der Waals surface area contributed by atoms with Crippen molar-refractivity contribution in [2.45, 2.75) is 25.4 Å². The quantitative estimate of drug-likeness (QED) is 0.795. The number of hydrogen-bond acceptors (Lipinski definition) is 4. The maximum absolute atomic E-state index is 11.9. The first-order valence-corrected chi connectivity index (χ1v) is 6.87. The van der Waals surface area contributed by atoms with Crippen LogP contribution in [0.3, 0.4) is 0 Å². The second kappa shape index (κ2) is 4.57. The van der Waals surface area contributed by atoms with Crippen molar-refractivity contribution in [2.75, 3.05) is 12.4 Å². The average Bonchev–Trinajstić information content (AvgIpc) is 2.92. The van der Waals surface area contributed by atoms with E-state index >= 15 is 0 Å². The highest BCUT2D eigenvalue weighted by Crippen LogP contribution is 2.31. The minimum atomic E-state index is -3.36. The zero-order valence-corrected chi connectivity index (χ0v) is 9.69. The van der Waals surface area contributed by atoms with Crippen LogP contribution in [0.2, 0.25) is 0 Å². The van der Waals surface area contributed by atoms with Gasteiger partial charge in [0.1, 0.15) is 5.76 Å². The van der Waals surface area contributed by atoms with Crippen molar-refractivity contribution >= 4 is 10.0 Å². The number of sulfonamides is 1. The summed E-state index contributed by atoms with van der Waals surface area (Å²) < 4.78 is 30.3. The van der Waals surface area contributed by atoms with Gasteiger partial charge in [-0.05, 0) is 25.0 Å². The standard InChI is InChI=1S/C10H15NO4S/c12-5-7-16(13,14)11(9-3-4-9)8-10-2-1-6-15-10/h1-2,6,9,12H,3-5,7-8H2. The lowest BCUT2D eigenvalue weighted by Crippen LogP contribution is -2.35. The number of rotatable bonds is 6. The van der Waals surface area contributed by atoms with Crippen LogP contribution in [-0.2, 0) is 16.6 Å². The summed E-state index contributed by atoms with van der Waals surface area (Å²) in [4.78, 5) is 0. The topological polar surface area (TPSA) is 70.8 Å². The lowest BCUT2D eigenvalue weighted by molar-refractivity contribution is 0.309. The van der Waals surface area contributed by atoms with E-state index in [0.717, 1.165) is 12.8 Å². The van der Waals surface area contributed by atoms with Gasteiger partial charge in [0.25, 0.3) is 0 Å². The molecule has 90 valence electrons. The molecule has 0 aliphatic heterocycles. The van der Waals surface area contributed by atoms with Crippen molar-refractivity contribution < 1.29 is 17.9 Å². The van der Waals surface area contributed by atoms with E-state index in [1.807, 2.05) is 0 Å². The summed E-state index contributed by atoms with van der Waals surface area (Å²) in [5.41, 5.74) is 0. The van der Waals surface area contributed by atoms with Crippen LogP contribution in [0, 0.1) is 0 Å². The van der Waals surface area contributed by atoms with Gasteiger partial charge in [-0.25, -0.2) is 8.42 Å². The van der Waals surface area contributed by atoms with Crippen molar-refractivity contribution in [3.8, 4) is 0 Å². The van der Waals surface area contributed by atoms with Crippen molar-refractivity contribution in [3.63, 3.8) is 0 Å². The highest BCUT2D eigenvalue weighted by Gasteiger charge is 2.37. The number of nitrogens with zero attached hydrogens (tertiary/aromatic N) is 1. The van der Waals surface area contributed by atoms with Crippen LogP contribution in [0.15, 0.2) is 22.8 Å². The second-order valence-corrected chi connectivity index (χ2v) is 5.94. The Morgan fingerprint density at radius 3 is 2.75 bits per heavy atom. The maximum Gasteiger partial charge on any atom is 0.217 e. The fourth-order valence-electron chi connectivity index (χ4n) is 1.61. The summed E-state index contributed by atoms with van der Waals surface area (Å²) >= 11 is 0. The number of hydrogen-bond donors (Lipinski definition) is 1. The van der Waals surface area contributed by atoms with Gasteiger partial charge in [0.15, 0.2) is 0 Å². The van der Waals surface area contributed by atoms with Gasteiger partial charge in [0.2, 0.25) is 10.0 Å². The summed E-state index contributed by atoms with van der Waals surface area (Å²) in [6, 6.07) is 3.57. The highest BCUT2D eigenvalue weighted by atomic mass is 32.2. The van der Waals surface area contributed by atoms with Crippen molar-refractivity contribution in [1.82, 2.24) is 4.31 Å². The molecule has 2 rings (SSSR count). The van der Waals surface area contributed by atoms with Crippen LogP contribution in [0.5, 0.6) is 0 Å². The highest BCUT2D eigenvalue weighted by molar-refractivity contribution is 7.89. The molecule has 1 aromatic rings. The Morgan fingerprint density at radius 2 is 2.25 bits per heavy atom. The molecule has 0 radical (unpaired) electrons. The summed E-state index contributed by atoms with van der Waals surface area (Å²) in [5, 5.41) is 8.75. The molecule has 0 amide bonds. The summed E-state index contributed by atoms with van der Waals surface area (Å²) in [7, 11) is -3.36. The Balaban J connectivity index is 2.11. The molecule has 1 heterocycles.